The highest BCUT2D eigenvalue weighted by Crippen LogP contribution is 2.58. The van der Waals surface area contributed by atoms with Crippen molar-refractivity contribution in [2.45, 2.75) is 57.5 Å². The molecule has 17 heavy (non-hydrogen) atoms. The van der Waals surface area contributed by atoms with Gasteiger partial charge in [0.25, 0.3) is 0 Å². The lowest BCUT2D eigenvalue weighted by molar-refractivity contribution is -0.144. The Labute approximate surface area is 104 Å². The number of carbonyl (C=O) groups excluding carboxylic acids is 1. The Morgan fingerprint density at radius 1 is 1.12 bits per heavy atom. The molecule has 0 radical (unpaired) electrons. The van der Waals surface area contributed by atoms with Gasteiger partial charge >= 0.3 is 0 Å². The predicted octanol–water partition coefficient (Wildman–Crippen LogP) is 1.66. The van der Waals surface area contributed by atoms with Gasteiger partial charge in [0.05, 0.1) is 0 Å². The molecule has 3 N–H and O–H groups in total. The van der Waals surface area contributed by atoms with Crippen molar-refractivity contribution in [3.05, 3.63) is 0 Å². The summed E-state index contributed by atoms with van der Waals surface area (Å²) < 4.78 is 0. The first-order valence-electron chi connectivity index (χ1n) is 7.10. The van der Waals surface area contributed by atoms with E-state index in [-0.39, 0.29) is 11.4 Å². The minimum Gasteiger partial charge on any atom is -0.368 e. The number of nitrogens with one attached hydrogen (secondary N) is 1. The van der Waals surface area contributed by atoms with Crippen LogP contribution in [0.15, 0.2) is 0 Å². The normalized spacial score (nSPS) is 47.7. The van der Waals surface area contributed by atoms with Crippen LogP contribution in [0.3, 0.4) is 0 Å². The van der Waals surface area contributed by atoms with E-state index >= 15 is 0 Å². The quantitative estimate of drug-likeness (QED) is 0.783. The number of primary amides is 1. The molecule has 0 saturated heterocycles. The van der Waals surface area contributed by atoms with Crippen LogP contribution in [-0.2, 0) is 4.79 Å². The van der Waals surface area contributed by atoms with Crippen molar-refractivity contribution in [3.8, 4) is 0 Å². The number of rotatable bonds is 3. The molecular weight excluding hydrogens is 212 g/mol. The van der Waals surface area contributed by atoms with Crippen molar-refractivity contribution in [1.82, 2.24) is 5.32 Å². The molecule has 96 valence electrons. The van der Waals surface area contributed by atoms with Crippen LogP contribution >= 0.6 is 0 Å². The number of amides is 1. The highest BCUT2D eigenvalue weighted by molar-refractivity contribution is 5.86. The standard InChI is InChI=1S/C14H24N2O/c1-8(2)16-14(13(15)17)11-4-9-3-10(6-11)7-12(14)5-9/h8-12,16H,3-7H2,1-2H3,(H2,15,17). The van der Waals surface area contributed by atoms with Gasteiger partial charge in [-0.05, 0) is 69.6 Å². The predicted molar refractivity (Wildman–Crippen MR) is 67.2 cm³/mol. The van der Waals surface area contributed by atoms with Gasteiger partial charge in [-0.25, -0.2) is 0 Å². The molecule has 0 aromatic rings. The van der Waals surface area contributed by atoms with E-state index in [1.807, 2.05) is 0 Å². The van der Waals surface area contributed by atoms with Gasteiger partial charge in [0.15, 0.2) is 0 Å². The first kappa shape index (κ1) is 11.5. The monoisotopic (exact) mass is 236 g/mol. The van der Waals surface area contributed by atoms with Crippen molar-refractivity contribution in [3.63, 3.8) is 0 Å². The fourth-order valence-electron chi connectivity index (χ4n) is 5.11. The van der Waals surface area contributed by atoms with Crippen molar-refractivity contribution in [2.24, 2.45) is 29.4 Å². The van der Waals surface area contributed by atoms with E-state index in [4.69, 9.17) is 5.73 Å². The second kappa shape index (κ2) is 3.71. The van der Waals surface area contributed by atoms with Gasteiger partial charge < -0.3 is 11.1 Å². The average molecular weight is 236 g/mol. The Hall–Kier alpha value is -0.570. The zero-order chi connectivity index (χ0) is 12.2. The Morgan fingerprint density at radius 3 is 1.94 bits per heavy atom. The average Bonchev–Trinajstić information content (AvgIpc) is 2.21. The summed E-state index contributed by atoms with van der Waals surface area (Å²) in [6.07, 6.45) is 6.28. The lowest BCUT2D eigenvalue weighted by atomic mass is 9.48. The molecule has 4 aliphatic rings. The molecule has 0 heterocycles. The van der Waals surface area contributed by atoms with Gasteiger partial charge in [0, 0.05) is 6.04 Å². The van der Waals surface area contributed by atoms with E-state index in [1.54, 1.807) is 0 Å². The largest absolute Gasteiger partial charge is 0.368 e. The van der Waals surface area contributed by atoms with Crippen molar-refractivity contribution in [2.75, 3.05) is 0 Å². The zero-order valence-corrected chi connectivity index (χ0v) is 10.9. The maximum Gasteiger partial charge on any atom is 0.238 e. The topological polar surface area (TPSA) is 55.1 Å². The van der Waals surface area contributed by atoms with Crippen LogP contribution in [0.2, 0.25) is 0 Å². The summed E-state index contributed by atoms with van der Waals surface area (Å²) in [5, 5.41) is 3.56. The van der Waals surface area contributed by atoms with Crippen LogP contribution in [0.4, 0.5) is 0 Å². The summed E-state index contributed by atoms with van der Waals surface area (Å²) >= 11 is 0. The Kier molecular flexibility index (Phi) is 2.51. The van der Waals surface area contributed by atoms with Crippen LogP contribution in [0.25, 0.3) is 0 Å². The van der Waals surface area contributed by atoms with Crippen LogP contribution in [0.1, 0.15) is 46.0 Å². The molecule has 4 aliphatic carbocycles. The van der Waals surface area contributed by atoms with E-state index in [0.29, 0.717) is 17.9 Å². The molecule has 0 unspecified atom stereocenters. The number of hydrogen-bond acceptors (Lipinski definition) is 2. The number of nitrogens with two attached hydrogens (primary N) is 1. The van der Waals surface area contributed by atoms with E-state index in [9.17, 15) is 4.79 Å². The summed E-state index contributed by atoms with van der Waals surface area (Å²) in [6.45, 7) is 4.24. The van der Waals surface area contributed by atoms with E-state index in [2.05, 4.69) is 19.2 Å². The first-order chi connectivity index (χ1) is 8.02. The highest BCUT2D eigenvalue weighted by Gasteiger charge is 2.60. The molecule has 0 aliphatic heterocycles. The van der Waals surface area contributed by atoms with Crippen LogP contribution in [0, 0.1) is 23.7 Å². The summed E-state index contributed by atoms with van der Waals surface area (Å²) in [6, 6.07) is 0.333. The van der Waals surface area contributed by atoms with Crippen LogP contribution in [-0.4, -0.2) is 17.5 Å². The SMILES string of the molecule is CC(C)NC1(C(N)=O)C2CC3CC(C2)CC1C3. The summed E-state index contributed by atoms with van der Waals surface area (Å²) in [7, 11) is 0. The highest BCUT2D eigenvalue weighted by atomic mass is 16.1. The maximum atomic E-state index is 12.1. The molecule has 3 heteroatoms. The smallest absolute Gasteiger partial charge is 0.238 e. The fourth-order valence-corrected chi connectivity index (χ4v) is 5.11. The minimum absolute atomic E-state index is 0.0972. The number of carbonyl (C=O) groups is 1. The third-order valence-corrected chi connectivity index (χ3v) is 5.36. The zero-order valence-electron chi connectivity index (χ0n) is 10.9. The fraction of sp³-hybridized carbons (Fsp3) is 0.929. The molecule has 0 spiro atoms. The summed E-state index contributed by atoms with van der Waals surface area (Å²) in [4.78, 5) is 12.1. The molecule has 1 amide bonds. The second-order valence-electron chi connectivity index (χ2n) is 6.84. The molecule has 4 rings (SSSR count). The Balaban J connectivity index is 1.95. The first-order valence-corrected chi connectivity index (χ1v) is 7.10. The molecule has 4 bridgehead atoms. The lowest BCUT2D eigenvalue weighted by Gasteiger charge is -2.60. The second-order valence-corrected chi connectivity index (χ2v) is 6.84. The van der Waals surface area contributed by atoms with Crippen LogP contribution in [0.5, 0.6) is 0 Å². The van der Waals surface area contributed by atoms with Gasteiger partial charge in [0.1, 0.15) is 5.54 Å². The molecular formula is C14H24N2O. The third-order valence-electron chi connectivity index (χ3n) is 5.36. The summed E-state index contributed by atoms with van der Waals surface area (Å²) in [5.74, 6) is 2.65. The van der Waals surface area contributed by atoms with E-state index in [1.165, 1.54) is 32.1 Å². The van der Waals surface area contributed by atoms with Gasteiger partial charge in [-0.3, -0.25) is 4.79 Å². The van der Waals surface area contributed by atoms with Crippen molar-refractivity contribution in [1.29, 1.82) is 0 Å². The summed E-state index contributed by atoms with van der Waals surface area (Å²) in [5.41, 5.74) is 5.41. The van der Waals surface area contributed by atoms with Gasteiger partial charge in [-0.15, -0.1) is 0 Å². The van der Waals surface area contributed by atoms with Gasteiger partial charge in [0.2, 0.25) is 5.91 Å². The van der Waals surface area contributed by atoms with Crippen molar-refractivity contribution < 1.29 is 4.79 Å². The molecule has 0 aromatic carbocycles. The third kappa shape index (κ3) is 1.55. The Bertz CT molecular complexity index is 309. The Morgan fingerprint density at radius 2 is 1.59 bits per heavy atom. The van der Waals surface area contributed by atoms with Gasteiger partial charge in [-0.1, -0.05) is 0 Å². The molecule has 0 atom stereocenters. The molecule has 4 fully saturated rings. The van der Waals surface area contributed by atoms with E-state index in [0.717, 1.165) is 11.8 Å². The van der Waals surface area contributed by atoms with Gasteiger partial charge in [-0.2, -0.15) is 0 Å². The number of hydrogen-bond donors (Lipinski definition) is 2. The van der Waals surface area contributed by atoms with E-state index < -0.39 is 0 Å². The van der Waals surface area contributed by atoms with Crippen LogP contribution < -0.4 is 11.1 Å². The minimum atomic E-state index is -0.387. The maximum absolute atomic E-state index is 12.1. The van der Waals surface area contributed by atoms with Crippen molar-refractivity contribution >= 4 is 5.91 Å². The molecule has 3 nitrogen and oxygen atoms in total. The molecule has 4 saturated carbocycles. The molecule has 0 aromatic heterocycles. The lowest BCUT2D eigenvalue weighted by Crippen LogP contribution is -2.71.